The molecule has 0 aliphatic carbocycles. The molecule has 1 amide bonds. The first-order valence-electron chi connectivity index (χ1n) is 9.08. The number of hydrogen-bond acceptors (Lipinski definition) is 3. The van der Waals surface area contributed by atoms with Gasteiger partial charge in [-0.25, -0.2) is 0 Å². The average molecular weight is 476 g/mol. The third kappa shape index (κ3) is 5.59. The monoisotopic (exact) mass is 476 g/mol. The molecule has 0 atom stereocenters. The molecule has 1 aromatic heterocycles. The highest BCUT2D eigenvalue weighted by atomic mass is 127. The fraction of sp³-hybridized carbons (Fsp3) is 0.722. The summed E-state index contributed by atoms with van der Waals surface area (Å²) >= 11 is 0. The van der Waals surface area contributed by atoms with Gasteiger partial charge in [-0.1, -0.05) is 13.8 Å². The van der Waals surface area contributed by atoms with Crippen molar-refractivity contribution >= 4 is 35.8 Å². The molecule has 0 spiro atoms. The molecule has 0 saturated carbocycles. The van der Waals surface area contributed by atoms with E-state index in [0.29, 0.717) is 12.6 Å². The van der Waals surface area contributed by atoms with Crippen LogP contribution in [0.1, 0.15) is 43.6 Å². The molecule has 2 rings (SSSR count). The molecule has 0 bridgehead atoms. The summed E-state index contributed by atoms with van der Waals surface area (Å²) in [5.74, 6) is 1.13. The summed E-state index contributed by atoms with van der Waals surface area (Å²) in [6.45, 7) is 10.4. The number of amides is 1. The van der Waals surface area contributed by atoms with E-state index in [0.717, 1.165) is 37.6 Å². The lowest BCUT2D eigenvalue weighted by Gasteiger charge is -2.34. The second-order valence-corrected chi connectivity index (χ2v) is 7.10. The minimum absolute atomic E-state index is 0. The Hall–Kier alpha value is -1.32. The second-order valence-electron chi connectivity index (χ2n) is 7.10. The van der Waals surface area contributed by atoms with Gasteiger partial charge in [0.2, 0.25) is 5.91 Å². The second kappa shape index (κ2) is 10.1. The number of piperidine rings is 1. The van der Waals surface area contributed by atoms with Gasteiger partial charge in [0.1, 0.15) is 0 Å². The van der Waals surface area contributed by atoms with E-state index in [9.17, 15) is 4.79 Å². The maximum atomic E-state index is 12.1. The van der Waals surface area contributed by atoms with Crippen LogP contribution < -0.4 is 10.6 Å². The summed E-state index contributed by atoms with van der Waals surface area (Å²) in [4.78, 5) is 18.4. The zero-order valence-electron chi connectivity index (χ0n) is 16.8. The Kier molecular flexibility index (Phi) is 8.85. The Bertz CT molecular complexity index is 632. The number of nitrogens with zero attached hydrogens (tertiary/aromatic N) is 4. The van der Waals surface area contributed by atoms with Gasteiger partial charge in [-0.3, -0.25) is 14.5 Å². The molecule has 7 nitrogen and oxygen atoms in total. The molecule has 26 heavy (non-hydrogen) atoms. The van der Waals surface area contributed by atoms with E-state index in [4.69, 9.17) is 0 Å². The Morgan fingerprint density at radius 2 is 1.92 bits per heavy atom. The number of aromatic nitrogens is 2. The smallest absolute Gasteiger partial charge is 0.225 e. The molecule has 1 aromatic rings. The number of likely N-dealkylation sites (tertiary alicyclic amines) is 1. The maximum Gasteiger partial charge on any atom is 0.225 e. The lowest BCUT2D eigenvalue weighted by Crippen LogP contribution is -2.50. The molecule has 8 heteroatoms. The van der Waals surface area contributed by atoms with Crippen molar-refractivity contribution in [2.24, 2.45) is 18.0 Å². The molecule has 1 aliphatic heterocycles. The number of guanidine groups is 1. The first-order chi connectivity index (χ1) is 11.8. The summed E-state index contributed by atoms with van der Waals surface area (Å²) < 4.78 is 1.91. The van der Waals surface area contributed by atoms with E-state index in [1.807, 2.05) is 37.4 Å². The number of hydrogen-bond donors (Lipinski definition) is 2. The van der Waals surface area contributed by atoms with Gasteiger partial charge in [-0.15, -0.1) is 24.0 Å². The van der Waals surface area contributed by atoms with E-state index < -0.39 is 0 Å². The molecule has 0 radical (unpaired) electrons. The molecule has 0 aromatic carbocycles. The fourth-order valence-electron chi connectivity index (χ4n) is 3.24. The standard InChI is InChI=1S/C18H32N6O.HI/c1-12(2)17(25)24-9-7-15(8-10-24)21-18(19-5)20-11-16-13(3)22-23(6)14(16)4;/h12,15H,7-11H2,1-6H3,(H2,19,20,21);1H. The van der Waals surface area contributed by atoms with E-state index in [-0.39, 0.29) is 35.8 Å². The molecular formula is C18H33IN6O. The molecule has 0 unspecified atom stereocenters. The van der Waals surface area contributed by atoms with Crippen LogP contribution in [0.2, 0.25) is 0 Å². The van der Waals surface area contributed by atoms with Crippen molar-refractivity contribution in [2.75, 3.05) is 20.1 Å². The third-order valence-corrected chi connectivity index (χ3v) is 4.96. The highest BCUT2D eigenvalue weighted by Crippen LogP contribution is 2.14. The van der Waals surface area contributed by atoms with Gasteiger partial charge in [0, 0.05) is 56.9 Å². The van der Waals surface area contributed by atoms with Gasteiger partial charge in [-0.2, -0.15) is 5.10 Å². The lowest BCUT2D eigenvalue weighted by molar-refractivity contribution is -0.135. The van der Waals surface area contributed by atoms with Crippen LogP contribution in [0.3, 0.4) is 0 Å². The van der Waals surface area contributed by atoms with Crippen LogP contribution in [-0.2, 0) is 18.4 Å². The largest absolute Gasteiger partial charge is 0.354 e. The number of nitrogens with one attached hydrogen (secondary N) is 2. The van der Waals surface area contributed by atoms with Crippen molar-refractivity contribution in [1.29, 1.82) is 0 Å². The van der Waals surface area contributed by atoms with Gasteiger partial charge in [0.05, 0.1) is 5.69 Å². The Morgan fingerprint density at radius 3 is 2.38 bits per heavy atom. The van der Waals surface area contributed by atoms with Crippen molar-refractivity contribution in [3.05, 3.63) is 17.0 Å². The highest BCUT2D eigenvalue weighted by Gasteiger charge is 2.24. The predicted octanol–water partition coefficient (Wildman–Crippen LogP) is 1.97. The lowest BCUT2D eigenvalue weighted by atomic mass is 10.0. The van der Waals surface area contributed by atoms with Crippen LogP contribution in [0.5, 0.6) is 0 Å². The fourth-order valence-corrected chi connectivity index (χ4v) is 3.24. The first-order valence-corrected chi connectivity index (χ1v) is 9.08. The first kappa shape index (κ1) is 22.7. The Labute approximate surface area is 174 Å². The minimum atomic E-state index is 0. The predicted molar refractivity (Wildman–Crippen MR) is 116 cm³/mol. The average Bonchev–Trinajstić information content (AvgIpc) is 2.83. The van der Waals surface area contributed by atoms with Crippen molar-refractivity contribution in [3.8, 4) is 0 Å². The van der Waals surface area contributed by atoms with Crippen LogP contribution in [0.4, 0.5) is 0 Å². The topological polar surface area (TPSA) is 74.6 Å². The summed E-state index contributed by atoms with van der Waals surface area (Å²) in [6.07, 6.45) is 1.90. The summed E-state index contributed by atoms with van der Waals surface area (Å²) in [5, 5.41) is 11.3. The summed E-state index contributed by atoms with van der Waals surface area (Å²) in [6, 6.07) is 0.346. The molecule has 1 fully saturated rings. The van der Waals surface area contributed by atoms with Crippen molar-refractivity contribution in [2.45, 2.75) is 53.1 Å². The number of rotatable bonds is 4. The summed E-state index contributed by atoms with van der Waals surface area (Å²) in [5.41, 5.74) is 3.42. The summed E-state index contributed by atoms with van der Waals surface area (Å²) in [7, 11) is 3.75. The van der Waals surface area contributed by atoms with E-state index in [1.54, 1.807) is 7.05 Å². The molecule has 2 heterocycles. The van der Waals surface area contributed by atoms with Gasteiger partial charge < -0.3 is 15.5 Å². The quantitative estimate of drug-likeness (QED) is 0.396. The molecule has 1 saturated heterocycles. The zero-order valence-corrected chi connectivity index (χ0v) is 19.1. The number of halogens is 1. The van der Waals surface area contributed by atoms with Gasteiger partial charge >= 0.3 is 0 Å². The molecule has 2 N–H and O–H groups in total. The van der Waals surface area contributed by atoms with Crippen LogP contribution in [0.15, 0.2) is 4.99 Å². The van der Waals surface area contributed by atoms with Crippen LogP contribution in [0, 0.1) is 19.8 Å². The Balaban J connectivity index is 0.00000338. The number of carbonyl (C=O) groups excluding carboxylic acids is 1. The Morgan fingerprint density at radius 1 is 1.31 bits per heavy atom. The van der Waals surface area contributed by atoms with Crippen LogP contribution in [-0.4, -0.2) is 52.7 Å². The van der Waals surface area contributed by atoms with E-state index >= 15 is 0 Å². The SMILES string of the molecule is CN=C(NCc1c(C)nn(C)c1C)NC1CCN(C(=O)C(C)C)CC1.I. The third-order valence-electron chi connectivity index (χ3n) is 4.96. The van der Waals surface area contributed by atoms with E-state index in [1.165, 1.54) is 11.3 Å². The van der Waals surface area contributed by atoms with Crippen LogP contribution >= 0.6 is 24.0 Å². The zero-order chi connectivity index (χ0) is 18.6. The molecular weight excluding hydrogens is 443 g/mol. The molecule has 1 aliphatic rings. The number of aryl methyl sites for hydroxylation is 2. The maximum absolute atomic E-state index is 12.1. The van der Waals surface area contributed by atoms with Crippen LogP contribution in [0.25, 0.3) is 0 Å². The van der Waals surface area contributed by atoms with Crippen molar-refractivity contribution in [1.82, 2.24) is 25.3 Å². The van der Waals surface area contributed by atoms with Crippen molar-refractivity contribution in [3.63, 3.8) is 0 Å². The van der Waals surface area contributed by atoms with Gasteiger partial charge in [-0.05, 0) is 26.7 Å². The number of aliphatic imine (C=N–C) groups is 1. The van der Waals surface area contributed by atoms with Gasteiger partial charge in [0.25, 0.3) is 0 Å². The van der Waals surface area contributed by atoms with Crippen molar-refractivity contribution < 1.29 is 4.79 Å². The number of carbonyl (C=O) groups is 1. The molecule has 148 valence electrons. The minimum Gasteiger partial charge on any atom is -0.354 e. The van der Waals surface area contributed by atoms with Gasteiger partial charge in [0.15, 0.2) is 5.96 Å². The van der Waals surface area contributed by atoms with E-state index in [2.05, 4.69) is 27.6 Å². The normalized spacial score (nSPS) is 15.8. The highest BCUT2D eigenvalue weighted by molar-refractivity contribution is 14.0.